The summed E-state index contributed by atoms with van der Waals surface area (Å²) < 4.78 is 19.3. The largest absolute Gasteiger partial charge is 0.493 e. The van der Waals surface area contributed by atoms with Gasteiger partial charge in [-0.2, -0.15) is 0 Å². The SMILES string of the molecule is O=C(Cc1c(F)cccc1Cl)NC1CCOc2ccccc21. The van der Waals surface area contributed by atoms with Crippen molar-refractivity contribution in [3.05, 3.63) is 64.4 Å². The maximum absolute atomic E-state index is 13.7. The third-order valence-corrected chi connectivity index (χ3v) is 4.05. The molecule has 1 aliphatic rings. The molecule has 3 rings (SSSR count). The monoisotopic (exact) mass is 319 g/mol. The van der Waals surface area contributed by atoms with Crippen LogP contribution in [0.5, 0.6) is 5.75 Å². The molecule has 0 aliphatic carbocycles. The minimum atomic E-state index is -0.463. The van der Waals surface area contributed by atoms with Gasteiger partial charge < -0.3 is 10.1 Å². The number of amides is 1. The summed E-state index contributed by atoms with van der Waals surface area (Å²) in [6.07, 6.45) is 0.610. The van der Waals surface area contributed by atoms with Gasteiger partial charge in [0.25, 0.3) is 0 Å². The van der Waals surface area contributed by atoms with Crippen LogP contribution in [0, 0.1) is 5.82 Å². The lowest BCUT2D eigenvalue weighted by Crippen LogP contribution is -2.33. The highest BCUT2D eigenvalue weighted by molar-refractivity contribution is 6.31. The zero-order valence-electron chi connectivity index (χ0n) is 11.8. The summed E-state index contributed by atoms with van der Waals surface area (Å²) in [6, 6.07) is 11.9. The van der Waals surface area contributed by atoms with Crippen LogP contribution in [-0.2, 0) is 11.2 Å². The van der Waals surface area contributed by atoms with Crippen molar-refractivity contribution in [2.45, 2.75) is 18.9 Å². The number of rotatable bonds is 3. The third-order valence-electron chi connectivity index (χ3n) is 3.69. The summed E-state index contributed by atoms with van der Waals surface area (Å²) >= 11 is 5.96. The molecule has 0 saturated carbocycles. The smallest absolute Gasteiger partial charge is 0.225 e. The van der Waals surface area contributed by atoms with Gasteiger partial charge in [0.2, 0.25) is 5.91 Å². The van der Waals surface area contributed by atoms with Crippen molar-refractivity contribution in [3.8, 4) is 5.75 Å². The Morgan fingerprint density at radius 3 is 2.91 bits per heavy atom. The molecule has 2 aromatic rings. The normalized spacial score (nSPS) is 16.5. The lowest BCUT2D eigenvalue weighted by atomic mass is 10.00. The van der Waals surface area contributed by atoms with Gasteiger partial charge in [-0.25, -0.2) is 4.39 Å². The molecule has 0 fully saturated rings. The van der Waals surface area contributed by atoms with Gasteiger partial charge in [-0.15, -0.1) is 0 Å². The van der Waals surface area contributed by atoms with E-state index in [4.69, 9.17) is 16.3 Å². The van der Waals surface area contributed by atoms with Crippen molar-refractivity contribution in [1.29, 1.82) is 0 Å². The molecule has 1 heterocycles. The summed E-state index contributed by atoms with van der Waals surface area (Å²) in [7, 11) is 0. The van der Waals surface area contributed by atoms with Crippen molar-refractivity contribution in [2.75, 3.05) is 6.61 Å². The van der Waals surface area contributed by atoms with Crippen LogP contribution in [0.3, 0.4) is 0 Å². The van der Waals surface area contributed by atoms with Gasteiger partial charge in [0.15, 0.2) is 0 Å². The molecule has 1 N–H and O–H groups in total. The highest BCUT2D eigenvalue weighted by Crippen LogP contribution is 2.31. The zero-order valence-corrected chi connectivity index (χ0v) is 12.6. The second-order valence-corrected chi connectivity index (χ2v) is 5.58. The zero-order chi connectivity index (χ0) is 15.5. The number of carbonyl (C=O) groups excluding carboxylic acids is 1. The number of benzene rings is 2. The lowest BCUT2D eigenvalue weighted by Gasteiger charge is -2.26. The molecule has 0 spiro atoms. The van der Waals surface area contributed by atoms with Crippen molar-refractivity contribution in [1.82, 2.24) is 5.32 Å². The first-order valence-corrected chi connectivity index (χ1v) is 7.47. The predicted molar refractivity (Wildman–Crippen MR) is 82.6 cm³/mol. The summed E-state index contributed by atoms with van der Waals surface area (Å²) in [6.45, 7) is 0.544. The molecule has 1 amide bonds. The minimum Gasteiger partial charge on any atom is -0.493 e. The Morgan fingerprint density at radius 2 is 2.09 bits per heavy atom. The van der Waals surface area contributed by atoms with E-state index in [0.717, 1.165) is 11.3 Å². The maximum atomic E-state index is 13.7. The molecule has 114 valence electrons. The Balaban J connectivity index is 1.73. The summed E-state index contributed by atoms with van der Waals surface area (Å²) in [5, 5.41) is 3.20. The van der Waals surface area contributed by atoms with Crippen LogP contribution in [0.15, 0.2) is 42.5 Å². The van der Waals surface area contributed by atoms with Gasteiger partial charge in [0, 0.05) is 22.6 Å². The van der Waals surface area contributed by atoms with Crippen LogP contribution in [-0.4, -0.2) is 12.5 Å². The summed E-state index contributed by atoms with van der Waals surface area (Å²) in [4.78, 5) is 12.2. The lowest BCUT2D eigenvalue weighted by molar-refractivity contribution is -0.121. The third kappa shape index (κ3) is 3.07. The van der Waals surface area contributed by atoms with E-state index < -0.39 is 5.82 Å². The molecule has 5 heteroatoms. The van der Waals surface area contributed by atoms with E-state index in [-0.39, 0.29) is 29.0 Å². The molecule has 1 unspecified atom stereocenters. The van der Waals surface area contributed by atoms with Gasteiger partial charge in [0.05, 0.1) is 19.1 Å². The molecular weight excluding hydrogens is 305 g/mol. The highest BCUT2D eigenvalue weighted by Gasteiger charge is 2.23. The van der Waals surface area contributed by atoms with Gasteiger partial charge in [0.1, 0.15) is 11.6 Å². The quantitative estimate of drug-likeness (QED) is 0.937. The first-order chi connectivity index (χ1) is 10.6. The van der Waals surface area contributed by atoms with E-state index >= 15 is 0 Å². The molecule has 1 aliphatic heterocycles. The Labute approximate surface area is 133 Å². The fourth-order valence-electron chi connectivity index (χ4n) is 2.60. The molecule has 0 aromatic heterocycles. The molecule has 3 nitrogen and oxygen atoms in total. The van der Waals surface area contributed by atoms with E-state index in [1.165, 1.54) is 12.1 Å². The van der Waals surface area contributed by atoms with Crippen molar-refractivity contribution >= 4 is 17.5 Å². The van der Waals surface area contributed by atoms with Crippen LogP contribution in [0.4, 0.5) is 4.39 Å². The van der Waals surface area contributed by atoms with Crippen molar-refractivity contribution in [3.63, 3.8) is 0 Å². The molecule has 1 atom stereocenters. The van der Waals surface area contributed by atoms with Gasteiger partial charge >= 0.3 is 0 Å². The van der Waals surface area contributed by atoms with E-state index in [1.54, 1.807) is 6.07 Å². The standard InChI is InChI=1S/C17H15ClFNO2/c18-13-5-3-6-14(19)12(13)10-17(21)20-15-8-9-22-16-7-2-1-4-11(15)16/h1-7,15H,8-10H2,(H,20,21). The van der Waals surface area contributed by atoms with Crippen LogP contribution < -0.4 is 10.1 Å². The molecule has 0 radical (unpaired) electrons. The predicted octanol–water partition coefficient (Wildman–Crippen LogP) is 3.66. The van der Waals surface area contributed by atoms with Gasteiger partial charge in [-0.1, -0.05) is 35.9 Å². The molecule has 0 saturated heterocycles. The fraction of sp³-hybridized carbons (Fsp3) is 0.235. The number of para-hydroxylation sites is 1. The Hall–Kier alpha value is -2.07. The van der Waals surface area contributed by atoms with Crippen LogP contribution >= 0.6 is 11.6 Å². The van der Waals surface area contributed by atoms with E-state index in [2.05, 4.69) is 5.32 Å². The number of carbonyl (C=O) groups is 1. The second-order valence-electron chi connectivity index (χ2n) is 5.17. The van der Waals surface area contributed by atoms with E-state index in [1.807, 2.05) is 24.3 Å². The average molecular weight is 320 g/mol. The topological polar surface area (TPSA) is 38.3 Å². The number of ether oxygens (including phenoxy) is 1. The van der Waals surface area contributed by atoms with Gasteiger partial charge in [-0.3, -0.25) is 4.79 Å². The van der Waals surface area contributed by atoms with E-state index in [0.29, 0.717) is 13.0 Å². The first kappa shape index (κ1) is 14.9. The molecule has 22 heavy (non-hydrogen) atoms. The average Bonchev–Trinajstić information content (AvgIpc) is 2.51. The molecule has 2 aromatic carbocycles. The number of nitrogens with one attached hydrogen (secondary N) is 1. The van der Waals surface area contributed by atoms with Crippen LogP contribution in [0.1, 0.15) is 23.6 Å². The Morgan fingerprint density at radius 1 is 1.27 bits per heavy atom. The number of fused-ring (bicyclic) bond motifs is 1. The number of hydrogen-bond donors (Lipinski definition) is 1. The molecular formula is C17H15ClFNO2. The fourth-order valence-corrected chi connectivity index (χ4v) is 2.83. The van der Waals surface area contributed by atoms with E-state index in [9.17, 15) is 9.18 Å². The Kier molecular flexibility index (Phi) is 4.29. The number of halogens is 2. The van der Waals surface area contributed by atoms with Crippen molar-refractivity contribution in [2.24, 2.45) is 0 Å². The highest BCUT2D eigenvalue weighted by atomic mass is 35.5. The summed E-state index contributed by atoms with van der Waals surface area (Å²) in [5.74, 6) is 0.0618. The number of hydrogen-bond acceptors (Lipinski definition) is 2. The van der Waals surface area contributed by atoms with Crippen LogP contribution in [0.2, 0.25) is 5.02 Å². The van der Waals surface area contributed by atoms with Gasteiger partial charge in [-0.05, 0) is 18.2 Å². The Bertz CT molecular complexity index is 685. The summed E-state index contributed by atoms with van der Waals surface area (Å²) in [5.41, 5.74) is 1.17. The first-order valence-electron chi connectivity index (χ1n) is 7.09. The second kappa shape index (κ2) is 6.36. The minimum absolute atomic E-state index is 0.0783. The molecule has 0 bridgehead atoms. The van der Waals surface area contributed by atoms with Crippen molar-refractivity contribution < 1.29 is 13.9 Å². The van der Waals surface area contributed by atoms with Crippen LogP contribution in [0.25, 0.3) is 0 Å². The maximum Gasteiger partial charge on any atom is 0.225 e.